The molecule has 0 radical (unpaired) electrons. The van der Waals surface area contributed by atoms with Crippen LogP contribution in [0.3, 0.4) is 0 Å². The summed E-state index contributed by atoms with van der Waals surface area (Å²) in [5, 5.41) is 4.82. The van der Waals surface area contributed by atoms with Crippen molar-refractivity contribution in [3.05, 3.63) is 54.2 Å². The Kier molecular flexibility index (Phi) is 3.70. The van der Waals surface area contributed by atoms with E-state index in [0.29, 0.717) is 11.4 Å². The first kappa shape index (κ1) is 13.4. The van der Waals surface area contributed by atoms with E-state index in [1.807, 2.05) is 28.1 Å². The predicted octanol–water partition coefficient (Wildman–Crippen LogP) is 2.83. The molecule has 0 bridgehead atoms. The molecule has 0 unspecified atom stereocenters. The van der Waals surface area contributed by atoms with Crippen molar-refractivity contribution in [3.8, 4) is 10.7 Å². The first-order valence-corrected chi connectivity index (χ1v) is 7.31. The summed E-state index contributed by atoms with van der Waals surface area (Å²) >= 11 is 1.60. The topological polar surface area (TPSA) is 72.9 Å². The zero-order valence-electron chi connectivity index (χ0n) is 11.2. The Balaban J connectivity index is 1.73. The quantitative estimate of drug-likeness (QED) is 0.727. The lowest BCUT2D eigenvalue weighted by Crippen LogP contribution is -2.18. The lowest BCUT2D eigenvalue weighted by Gasteiger charge is -2.08. The van der Waals surface area contributed by atoms with Gasteiger partial charge in [-0.1, -0.05) is 12.1 Å². The number of aromatic nitrogens is 2. The summed E-state index contributed by atoms with van der Waals surface area (Å²) in [4.78, 5) is 17.5. The lowest BCUT2D eigenvalue weighted by molar-refractivity contribution is -0.116. The molecule has 0 aliphatic rings. The first-order chi connectivity index (χ1) is 10.2. The van der Waals surface area contributed by atoms with Crippen LogP contribution < -0.4 is 11.1 Å². The van der Waals surface area contributed by atoms with Crippen LogP contribution in [0, 0.1) is 0 Å². The number of nitrogen functional groups attached to an aromatic ring is 1. The molecule has 0 saturated heterocycles. The molecular weight excluding hydrogens is 284 g/mol. The van der Waals surface area contributed by atoms with E-state index in [0.717, 1.165) is 10.7 Å². The number of carbonyl (C=O) groups is 1. The third-order valence-corrected chi connectivity index (χ3v) is 3.81. The molecule has 0 fully saturated rings. The van der Waals surface area contributed by atoms with Crippen LogP contribution in [0.25, 0.3) is 10.7 Å². The third-order valence-electron chi connectivity index (χ3n) is 2.94. The molecule has 0 atom stereocenters. The molecule has 0 spiro atoms. The summed E-state index contributed by atoms with van der Waals surface area (Å²) < 4.78 is 1.83. The molecule has 6 heteroatoms. The maximum Gasteiger partial charge on any atom is 0.244 e. The highest BCUT2D eigenvalue weighted by Gasteiger charge is 2.10. The largest absolute Gasteiger partial charge is 0.399 e. The molecule has 2 aromatic heterocycles. The minimum Gasteiger partial charge on any atom is -0.399 e. The van der Waals surface area contributed by atoms with Gasteiger partial charge >= 0.3 is 0 Å². The second kappa shape index (κ2) is 5.80. The molecule has 5 nitrogen and oxygen atoms in total. The molecule has 3 N–H and O–H groups in total. The Labute approximate surface area is 126 Å². The van der Waals surface area contributed by atoms with Crippen LogP contribution in [-0.4, -0.2) is 15.5 Å². The van der Waals surface area contributed by atoms with Crippen molar-refractivity contribution in [2.75, 3.05) is 11.1 Å². The van der Waals surface area contributed by atoms with E-state index < -0.39 is 0 Å². The van der Waals surface area contributed by atoms with Crippen molar-refractivity contribution in [2.45, 2.75) is 6.54 Å². The van der Waals surface area contributed by atoms with E-state index in [4.69, 9.17) is 5.73 Å². The van der Waals surface area contributed by atoms with Crippen molar-refractivity contribution in [3.63, 3.8) is 0 Å². The molecule has 1 amide bonds. The number of carbonyl (C=O) groups excluding carboxylic acids is 1. The van der Waals surface area contributed by atoms with Gasteiger partial charge in [0.1, 0.15) is 12.4 Å². The average Bonchev–Trinajstić information content (AvgIpc) is 3.08. The standard InChI is InChI=1S/C15H14N4OS/c16-11-3-1-4-12(9-11)18-14(20)10-19-7-6-17-15(19)13-5-2-8-21-13/h1-9H,10,16H2,(H,18,20). The number of nitrogens with one attached hydrogen (secondary N) is 1. The smallest absolute Gasteiger partial charge is 0.244 e. The Morgan fingerprint density at radius 2 is 2.24 bits per heavy atom. The summed E-state index contributed by atoms with van der Waals surface area (Å²) in [7, 11) is 0. The number of nitrogens with two attached hydrogens (primary N) is 1. The fourth-order valence-electron chi connectivity index (χ4n) is 2.04. The second-order valence-electron chi connectivity index (χ2n) is 4.53. The molecular formula is C15H14N4OS. The van der Waals surface area contributed by atoms with Gasteiger partial charge in [-0.25, -0.2) is 4.98 Å². The van der Waals surface area contributed by atoms with Crippen molar-refractivity contribution in [1.82, 2.24) is 9.55 Å². The van der Waals surface area contributed by atoms with Gasteiger partial charge in [0.25, 0.3) is 0 Å². The Morgan fingerprint density at radius 3 is 3.00 bits per heavy atom. The zero-order valence-corrected chi connectivity index (χ0v) is 12.0. The van der Waals surface area contributed by atoms with Gasteiger partial charge in [-0.05, 0) is 29.6 Å². The Bertz CT molecular complexity index is 749. The summed E-state index contributed by atoms with van der Waals surface area (Å²) in [6.07, 6.45) is 3.50. The van der Waals surface area contributed by atoms with Crippen LogP contribution >= 0.6 is 11.3 Å². The average molecular weight is 298 g/mol. The van der Waals surface area contributed by atoms with Crippen LogP contribution in [0.4, 0.5) is 11.4 Å². The van der Waals surface area contributed by atoms with Gasteiger partial charge in [0, 0.05) is 23.8 Å². The van der Waals surface area contributed by atoms with Crippen molar-refractivity contribution < 1.29 is 4.79 Å². The number of nitrogens with zero attached hydrogens (tertiary/aromatic N) is 2. The van der Waals surface area contributed by atoms with E-state index in [1.54, 1.807) is 41.9 Å². The number of anilines is 2. The fourth-order valence-corrected chi connectivity index (χ4v) is 2.78. The van der Waals surface area contributed by atoms with E-state index in [9.17, 15) is 4.79 Å². The molecule has 0 aliphatic carbocycles. The van der Waals surface area contributed by atoms with Gasteiger partial charge in [-0.2, -0.15) is 0 Å². The number of hydrogen-bond acceptors (Lipinski definition) is 4. The van der Waals surface area contributed by atoms with E-state index in [1.165, 1.54) is 0 Å². The number of imidazole rings is 1. The van der Waals surface area contributed by atoms with E-state index in [-0.39, 0.29) is 12.5 Å². The van der Waals surface area contributed by atoms with Crippen LogP contribution in [-0.2, 0) is 11.3 Å². The molecule has 106 valence electrons. The van der Waals surface area contributed by atoms with Gasteiger partial charge in [0.2, 0.25) is 5.91 Å². The van der Waals surface area contributed by atoms with Gasteiger partial charge in [0.05, 0.1) is 4.88 Å². The van der Waals surface area contributed by atoms with Crippen LogP contribution in [0.5, 0.6) is 0 Å². The molecule has 1 aromatic carbocycles. The minimum atomic E-state index is -0.114. The highest BCUT2D eigenvalue weighted by atomic mass is 32.1. The monoisotopic (exact) mass is 298 g/mol. The highest BCUT2D eigenvalue weighted by molar-refractivity contribution is 7.13. The highest BCUT2D eigenvalue weighted by Crippen LogP contribution is 2.22. The summed E-state index contributed by atoms with van der Waals surface area (Å²) in [6, 6.07) is 11.1. The predicted molar refractivity (Wildman–Crippen MR) is 85.0 cm³/mol. The van der Waals surface area contributed by atoms with Gasteiger partial charge in [-0.3, -0.25) is 4.79 Å². The molecule has 0 aliphatic heterocycles. The fraction of sp³-hybridized carbons (Fsp3) is 0.0667. The molecule has 3 rings (SSSR count). The SMILES string of the molecule is Nc1cccc(NC(=O)Cn2ccnc2-c2cccs2)c1. The summed E-state index contributed by atoms with van der Waals surface area (Å²) in [5.74, 6) is 0.684. The van der Waals surface area contributed by atoms with Crippen molar-refractivity contribution >= 4 is 28.6 Å². The number of rotatable bonds is 4. The van der Waals surface area contributed by atoms with Crippen LogP contribution in [0.2, 0.25) is 0 Å². The molecule has 21 heavy (non-hydrogen) atoms. The summed E-state index contributed by atoms with van der Waals surface area (Å²) in [6.45, 7) is 0.210. The molecule has 2 heterocycles. The third kappa shape index (κ3) is 3.11. The number of benzene rings is 1. The normalized spacial score (nSPS) is 10.5. The van der Waals surface area contributed by atoms with Gasteiger partial charge in [0.15, 0.2) is 0 Å². The maximum absolute atomic E-state index is 12.1. The van der Waals surface area contributed by atoms with Crippen molar-refractivity contribution in [2.24, 2.45) is 0 Å². The number of hydrogen-bond donors (Lipinski definition) is 2. The number of thiophene rings is 1. The van der Waals surface area contributed by atoms with Gasteiger partial charge in [-0.15, -0.1) is 11.3 Å². The van der Waals surface area contributed by atoms with Crippen molar-refractivity contribution in [1.29, 1.82) is 0 Å². The van der Waals surface area contributed by atoms with Gasteiger partial charge < -0.3 is 15.6 Å². The first-order valence-electron chi connectivity index (χ1n) is 6.43. The Hall–Kier alpha value is -2.60. The Morgan fingerprint density at radius 1 is 1.33 bits per heavy atom. The lowest BCUT2D eigenvalue weighted by atomic mass is 10.3. The minimum absolute atomic E-state index is 0.114. The van der Waals surface area contributed by atoms with Crippen LogP contribution in [0.1, 0.15) is 0 Å². The van der Waals surface area contributed by atoms with E-state index >= 15 is 0 Å². The zero-order chi connectivity index (χ0) is 14.7. The number of amides is 1. The maximum atomic E-state index is 12.1. The second-order valence-corrected chi connectivity index (χ2v) is 5.48. The molecule has 3 aromatic rings. The summed E-state index contributed by atoms with van der Waals surface area (Å²) in [5.41, 5.74) is 7.01. The van der Waals surface area contributed by atoms with Crippen LogP contribution in [0.15, 0.2) is 54.2 Å². The molecule has 0 saturated carbocycles. The van der Waals surface area contributed by atoms with E-state index in [2.05, 4.69) is 10.3 Å².